The van der Waals surface area contributed by atoms with E-state index in [9.17, 15) is 9.59 Å². The Labute approximate surface area is 171 Å². The van der Waals surface area contributed by atoms with E-state index < -0.39 is 12.1 Å². The van der Waals surface area contributed by atoms with Crippen LogP contribution in [0.2, 0.25) is 0 Å². The van der Waals surface area contributed by atoms with E-state index >= 15 is 0 Å². The number of hydrogen-bond acceptors (Lipinski definition) is 5. The molecular formula is C24H26O5. The minimum Gasteiger partial charge on any atom is -0.479 e. The third kappa shape index (κ3) is 4.67. The molecule has 1 heterocycles. The first kappa shape index (κ1) is 20.6. The third-order valence-electron chi connectivity index (χ3n) is 4.65. The van der Waals surface area contributed by atoms with Crippen molar-refractivity contribution >= 4 is 17.8 Å². The summed E-state index contributed by atoms with van der Waals surface area (Å²) in [6, 6.07) is 13.0. The topological polar surface area (TPSA) is 61.8 Å². The summed E-state index contributed by atoms with van der Waals surface area (Å²) in [5.74, 6) is 0.502. The predicted molar refractivity (Wildman–Crippen MR) is 111 cm³/mol. The molecule has 3 rings (SSSR count). The van der Waals surface area contributed by atoms with E-state index in [0.29, 0.717) is 23.7 Å². The van der Waals surface area contributed by atoms with Crippen LogP contribution in [0, 0.1) is 0 Å². The molecule has 0 aromatic heterocycles. The van der Waals surface area contributed by atoms with Crippen molar-refractivity contribution in [3.8, 4) is 11.5 Å². The smallest absolute Gasteiger partial charge is 0.347 e. The fourth-order valence-electron chi connectivity index (χ4n) is 2.98. The molecule has 0 saturated carbocycles. The lowest BCUT2D eigenvalue weighted by Crippen LogP contribution is -2.26. The number of benzene rings is 2. The van der Waals surface area contributed by atoms with Crippen LogP contribution in [0.3, 0.4) is 0 Å². The molecule has 5 nitrogen and oxygen atoms in total. The van der Waals surface area contributed by atoms with Gasteiger partial charge >= 0.3 is 5.97 Å². The summed E-state index contributed by atoms with van der Waals surface area (Å²) in [6.07, 6.45) is 0.984. The fraction of sp³-hybridized carbons (Fsp3) is 0.333. The van der Waals surface area contributed by atoms with Crippen LogP contribution in [0.5, 0.6) is 11.5 Å². The van der Waals surface area contributed by atoms with Gasteiger partial charge in [-0.3, -0.25) is 4.79 Å². The van der Waals surface area contributed by atoms with Crippen LogP contribution in [-0.2, 0) is 14.9 Å². The van der Waals surface area contributed by atoms with Crippen molar-refractivity contribution in [1.82, 2.24) is 0 Å². The molecular weight excluding hydrogens is 368 g/mol. The lowest BCUT2D eigenvalue weighted by atomic mass is 9.86. The van der Waals surface area contributed by atoms with Crippen molar-refractivity contribution < 1.29 is 23.8 Å². The first-order valence-corrected chi connectivity index (χ1v) is 9.71. The van der Waals surface area contributed by atoms with Crippen LogP contribution in [-0.4, -0.2) is 24.5 Å². The molecule has 0 aliphatic carbocycles. The van der Waals surface area contributed by atoms with E-state index in [-0.39, 0.29) is 17.0 Å². The van der Waals surface area contributed by atoms with Gasteiger partial charge in [-0.2, -0.15) is 0 Å². The van der Waals surface area contributed by atoms with Crippen LogP contribution in [0.15, 0.2) is 48.2 Å². The number of carbonyl (C=O) groups excluding carboxylic acids is 2. The normalized spacial score (nSPS) is 15.6. The predicted octanol–water partition coefficient (Wildman–Crippen LogP) is 4.93. The molecule has 0 spiro atoms. The Morgan fingerprint density at radius 1 is 1.14 bits per heavy atom. The van der Waals surface area contributed by atoms with Crippen molar-refractivity contribution in [2.75, 3.05) is 6.61 Å². The molecule has 0 unspecified atom stereocenters. The van der Waals surface area contributed by atoms with Gasteiger partial charge in [-0.15, -0.1) is 0 Å². The van der Waals surface area contributed by atoms with Crippen molar-refractivity contribution in [2.45, 2.75) is 46.1 Å². The minimum atomic E-state index is -0.749. The summed E-state index contributed by atoms with van der Waals surface area (Å²) in [6.45, 7) is 10.1. The molecule has 0 N–H and O–H groups in total. The van der Waals surface area contributed by atoms with Crippen LogP contribution in [0.4, 0.5) is 0 Å². The Bertz CT molecular complexity index is 948. The zero-order valence-electron chi connectivity index (χ0n) is 17.4. The molecule has 0 fully saturated rings. The zero-order valence-corrected chi connectivity index (χ0v) is 17.4. The summed E-state index contributed by atoms with van der Waals surface area (Å²) in [5.41, 5.74) is 2.65. The number of ether oxygens (including phenoxy) is 3. The summed E-state index contributed by atoms with van der Waals surface area (Å²) in [4.78, 5) is 24.4. The molecule has 29 heavy (non-hydrogen) atoms. The van der Waals surface area contributed by atoms with Gasteiger partial charge in [0.1, 0.15) is 11.5 Å². The average Bonchev–Trinajstić information content (AvgIpc) is 2.96. The number of hydrogen-bond donors (Lipinski definition) is 0. The van der Waals surface area contributed by atoms with Crippen molar-refractivity contribution in [3.05, 3.63) is 64.9 Å². The van der Waals surface area contributed by atoms with Gasteiger partial charge in [-0.25, -0.2) is 4.79 Å². The largest absolute Gasteiger partial charge is 0.479 e. The van der Waals surface area contributed by atoms with Gasteiger partial charge in [0.15, 0.2) is 11.9 Å². The van der Waals surface area contributed by atoms with E-state index in [1.807, 2.05) is 12.1 Å². The maximum Gasteiger partial charge on any atom is 0.347 e. The minimum absolute atomic E-state index is 0.0681. The summed E-state index contributed by atoms with van der Waals surface area (Å²) in [5, 5.41) is 0. The average molecular weight is 394 g/mol. The maximum absolute atomic E-state index is 12.6. The standard InChI is InChI=1S/C24H26O5/c1-6-27-23(26)15(2)28-18-11-12-19-20(14-18)29-21(22(19)25)13-16-7-9-17(10-8-16)24(3,4)5/h7-15H,6H2,1-5H3/t15-/m0/s1. The Morgan fingerprint density at radius 3 is 2.45 bits per heavy atom. The highest BCUT2D eigenvalue weighted by Gasteiger charge is 2.28. The molecule has 0 bridgehead atoms. The van der Waals surface area contributed by atoms with Gasteiger partial charge < -0.3 is 14.2 Å². The maximum atomic E-state index is 12.6. The lowest BCUT2D eigenvalue weighted by Gasteiger charge is -2.18. The highest BCUT2D eigenvalue weighted by molar-refractivity contribution is 6.14. The molecule has 0 amide bonds. The quantitative estimate of drug-likeness (QED) is 0.531. The van der Waals surface area contributed by atoms with Gasteiger partial charge in [0.25, 0.3) is 0 Å². The molecule has 1 aliphatic rings. The number of esters is 1. The van der Waals surface area contributed by atoms with Crippen LogP contribution in [0.1, 0.15) is 56.1 Å². The monoisotopic (exact) mass is 394 g/mol. The molecule has 0 saturated heterocycles. The summed E-state index contributed by atoms with van der Waals surface area (Å²) < 4.78 is 16.3. The summed E-state index contributed by atoms with van der Waals surface area (Å²) >= 11 is 0. The highest BCUT2D eigenvalue weighted by atomic mass is 16.6. The highest BCUT2D eigenvalue weighted by Crippen LogP contribution is 2.35. The third-order valence-corrected chi connectivity index (χ3v) is 4.65. The Morgan fingerprint density at radius 2 is 1.83 bits per heavy atom. The number of Topliss-reactive ketones (excluding diaryl/α,β-unsaturated/α-hetero) is 1. The lowest BCUT2D eigenvalue weighted by molar-refractivity contribution is -0.150. The number of rotatable bonds is 5. The number of fused-ring (bicyclic) bond motifs is 1. The molecule has 152 valence electrons. The first-order chi connectivity index (χ1) is 13.7. The second kappa shape index (κ2) is 8.11. The van der Waals surface area contributed by atoms with Crippen LogP contribution < -0.4 is 9.47 Å². The van der Waals surface area contributed by atoms with Gasteiger partial charge in [0.05, 0.1) is 12.2 Å². The number of carbonyl (C=O) groups is 2. The van der Waals surface area contributed by atoms with Gasteiger partial charge in [0, 0.05) is 6.07 Å². The second-order valence-electron chi connectivity index (χ2n) is 7.98. The molecule has 0 radical (unpaired) electrons. The van der Waals surface area contributed by atoms with Crippen molar-refractivity contribution in [3.63, 3.8) is 0 Å². The van der Waals surface area contributed by atoms with Gasteiger partial charge in [-0.05, 0) is 48.6 Å². The SMILES string of the molecule is CCOC(=O)[C@H](C)Oc1ccc2c(c1)OC(=Cc1ccc(C(C)(C)C)cc1)C2=O. The summed E-state index contributed by atoms with van der Waals surface area (Å²) in [7, 11) is 0. The van der Waals surface area contributed by atoms with E-state index in [4.69, 9.17) is 14.2 Å². The first-order valence-electron chi connectivity index (χ1n) is 9.71. The molecule has 5 heteroatoms. The Hall–Kier alpha value is -3.08. The van der Waals surface area contributed by atoms with Crippen LogP contribution >= 0.6 is 0 Å². The fourth-order valence-corrected chi connectivity index (χ4v) is 2.98. The van der Waals surface area contributed by atoms with Crippen molar-refractivity contribution in [2.24, 2.45) is 0 Å². The van der Waals surface area contributed by atoms with E-state index in [0.717, 1.165) is 5.56 Å². The van der Waals surface area contributed by atoms with E-state index in [1.165, 1.54) is 5.56 Å². The molecule has 2 aromatic rings. The van der Waals surface area contributed by atoms with Crippen molar-refractivity contribution in [1.29, 1.82) is 0 Å². The van der Waals surface area contributed by atoms with E-state index in [1.54, 1.807) is 38.1 Å². The molecule has 2 aromatic carbocycles. The number of ketones is 1. The second-order valence-corrected chi connectivity index (χ2v) is 7.98. The van der Waals surface area contributed by atoms with E-state index in [2.05, 4.69) is 32.9 Å². The molecule has 1 aliphatic heterocycles. The van der Waals surface area contributed by atoms with Crippen LogP contribution in [0.25, 0.3) is 6.08 Å². The molecule has 1 atom stereocenters. The Balaban J connectivity index is 1.76. The van der Waals surface area contributed by atoms with Gasteiger partial charge in [0.2, 0.25) is 5.78 Å². The van der Waals surface area contributed by atoms with Gasteiger partial charge in [-0.1, -0.05) is 45.0 Å². The zero-order chi connectivity index (χ0) is 21.2. The number of allylic oxidation sites excluding steroid dienone is 1. The Kier molecular flexibility index (Phi) is 5.78.